The summed E-state index contributed by atoms with van der Waals surface area (Å²) in [5, 5.41) is 4.23. The third-order valence-corrected chi connectivity index (χ3v) is 6.42. The van der Waals surface area contributed by atoms with Crippen molar-refractivity contribution in [3.8, 4) is 21.7 Å². The average Bonchev–Trinajstić information content (AvgIpc) is 3.18. The maximum atomic E-state index is 12.5. The minimum absolute atomic E-state index is 0.0853. The van der Waals surface area contributed by atoms with Crippen LogP contribution >= 0.6 is 34.7 Å². The van der Waals surface area contributed by atoms with Crippen LogP contribution in [0.2, 0.25) is 5.02 Å². The SMILES string of the molecule is O=C(CSc1ccc(Cl)cc1)Nc1nc(-c2ccccc2)c(-c2ccccc2)s1. The van der Waals surface area contributed by atoms with E-state index in [1.165, 1.54) is 23.1 Å². The predicted molar refractivity (Wildman–Crippen MR) is 124 cm³/mol. The van der Waals surface area contributed by atoms with Gasteiger partial charge in [0.15, 0.2) is 5.13 Å². The Morgan fingerprint density at radius 3 is 2.17 bits per heavy atom. The first-order valence-corrected chi connectivity index (χ1v) is 11.2. The minimum atomic E-state index is -0.0853. The van der Waals surface area contributed by atoms with Gasteiger partial charge < -0.3 is 5.32 Å². The van der Waals surface area contributed by atoms with E-state index in [9.17, 15) is 4.79 Å². The molecular weight excluding hydrogens is 420 g/mol. The molecule has 1 N–H and O–H groups in total. The third-order valence-electron chi connectivity index (χ3n) is 4.14. The summed E-state index contributed by atoms with van der Waals surface area (Å²) in [5.74, 6) is 0.223. The van der Waals surface area contributed by atoms with E-state index in [0.29, 0.717) is 15.9 Å². The van der Waals surface area contributed by atoms with Crippen LogP contribution in [0.25, 0.3) is 21.7 Å². The third kappa shape index (κ3) is 5.07. The number of carbonyl (C=O) groups is 1. The van der Waals surface area contributed by atoms with Crippen molar-refractivity contribution in [2.75, 3.05) is 11.1 Å². The van der Waals surface area contributed by atoms with Gasteiger partial charge in [-0.3, -0.25) is 4.79 Å². The lowest BCUT2D eigenvalue weighted by Gasteiger charge is -2.02. The van der Waals surface area contributed by atoms with Crippen LogP contribution in [-0.4, -0.2) is 16.6 Å². The maximum absolute atomic E-state index is 12.5. The molecular formula is C23H17ClN2OS2. The lowest BCUT2D eigenvalue weighted by molar-refractivity contribution is -0.113. The highest BCUT2D eigenvalue weighted by Crippen LogP contribution is 2.39. The Bertz CT molecular complexity index is 1040. The summed E-state index contributed by atoms with van der Waals surface area (Å²) in [7, 11) is 0. The number of thiazole rings is 1. The van der Waals surface area contributed by atoms with E-state index in [1.54, 1.807) is 0 Å². The predicted octanol–water partition coefficient (Wildman–Crippen LogP) is 6.86. The molecule has 0 atom stereocenters. The number of benzene rings is 3. The van der Waals surface area contributed by atoms with Gasteiger partial charge in [-0.1, -0.05) is 83.6 Å². The molecule has 4 rings (SSSR count). The molecule has 0 unspecified atom stereocenters. The highest BCUT2D eigenvalue weighted by molar-refractivity contribution is 8.00. The maximum Gasteiger partial charge on any atom is 0.236 e. The number of hydrogen-bond acceptors (Lipinski definition) is 4. The van der Waals surface area contributed by atoms with Gasteiger partial charge in [-0.2, -0.15) is 0 Å². The van der Waals surface area contributed by atoms with Crippen LogP contribution in [0.4, 0.5) is 5.13 Å². The van der Waals surface area contributed by atoms with Gasteiger partial charge in [-0.25, -0.2) is 4.98 Å². The summed E-state index contributed by atoms with van der Waals surface area (Å²) in [6, 6.07) is 27.6. The molecule has 144 valence electrons. The van der Waals surface area contributed by atoms with Crippen molar-refractivity contribution in [3.63, 3.8) is 0 Å². The molecule has 0 aliphatic rings. The molecule has 0 saturated heterocycles. The summed E-state index contributed by atoms with van der Waals surface area (Å²) in [6.07, 6.45) is 0. The fourth-order valence-electron chi connectivity index (χ4n) is 2.79. The normalized spacial score (nSPS) is 10.7. The smallest absolute Gasteiger partial charge is 0.236 e. The van der Waals surface area contributed by atoms with E-state index in [1.807, 2.05) is 72.8 Å². The fourth-order valence-corrected chi connectivity index (χ4v) is 4.62. The molecule has 1 aromatic heterocycles. The van der Waals surface area contributed by atoms with Crippen molar-refractivity contribution < 1.29 is 4.79 Å². The van der Waals surface area contributed by atoms with Crippen molar-refractivity contribution in [1.29, 1.82) is 0 Å². The van der Waals surface area contributed by atoms with Gasteiger partial charge in [-0.15, -0.1) is 11.8 Å². The second kappa shape index (κ2) is 9.27. The summed E-state index contributed by atoms with van der Waals surface area (Å²) >= 11 is 8.86. The zero-order valence-electron chi connectivity index (χ0n) is 15.3. The molecule has 3 aromatic carbocycles. The number of carbonyl (C=O) groups excluding carboxylic acids is 1. The lowest BCUT2D eigenvalue weighted by atomic mass is 10.1. The standard InChI is InChI=1S/C23H17ClN2OS2/c24-18-11-13-19(14-12-18)28-15-20(27)25-23-26-21(16-7-3-1-4-8-16)22(29-23)17-9-5-2-6-10-17/h1-14H,15H2,(H,25,26,27). The first-order valence-electron chi connectivity index (χ1n) is 8.99. The van der Waals surface area contributed by atoms with Gasteiger partial charge >= 0.3 is 0 Å². The molecule has 0 bridgehead atoms. The summed E-state index contributed by atoms with van der Waals surface area (Å²) in [5.41, 5.74) is 2.99. The van der Waals surface area contributed by atoms with Crippen molar-refractivity contribution in [1.82, 2.24) is 4.98 Å². The zero-order valence-corrected chi connectivity index (χ0v) is 17.7. The first-order chi connectivity index (χ1) is 14.2. The van der Waals surface area contributed by atoms with Gasteiger partial charge in [0.1, 0.15) is 0 Å². The molecule has 0 spiro atoms. The first kappa shape index (κ1) is 19.7. The molecule has 3 nitrogen and oxygen atoms in total. The molecule has 0 aliphatic carbocycles. The number of thioether (sulfide) groups is 1. The van der Waals surface area contributed by atoms with Crippen LogP contribution in [0.1, 0.15) is 0 Å². The molecule has 4 aromatic rings. The van der Waals surface area contributed by atoms with Crippen LogP contribution in [0.15, 0.2) is 89.8 Å². The van der Waals surface area contributed by atoms with Gasteiger partial charge in [-0.05, 0) is 29.8 Å². The van der Waals surface area contributed by atoms with Gasteiger partial charge in [0.25, 0.3) is 0 Å². The minimum Gasteiger partial charge on any atom is -0.301 e. The van der Waals surface area contributed by atoms with E-state index < -0.39 is 0 Å². The van der Waals surface area contributed by atoms with Crippen molar-refractivity contribution in [3.05, 3.63) is 90.0 Å². The topological polar surface area (TPSA) is 42.0 Å². The monoisotopic (exact) mass is 436 g/mol. The summed E-state index contributed by atoms with van der Waals surface area (Å²) < 4.78 is 0. The Balaban J connectivity index is 1.54. The van der Waals surface area contributed by atoms with Crippen molar-refractivity contribution in [2.45, 2.75) is 4.90 Å². The van der Waals surface area contributed by atoms with E-state index in [-0.39, 0.29) is 5.91 Å². The molecule has 6 heteroatoms. The number of rotatable bonds is 6. The van der Waals surface area contributed by atoms with Crippen LogP contribution in [0.3, 0.4) is 0 Å². The molecule has 0 radical (unpaired) electrons. The molecule has 0 saturated carbocycles. The Hall–Kier alpha value is -2.60. The van der Waals surface area contributed by atoms with E-state index >= 15 is 0 Å². The van der Waals surface area contributed by atoms with Crippen LogP contribution < -0.4 is 5.32 Å². The number of amides is 1. The second-order valence-corrected chi connectivity index (χ2v) is 8.70. The highest BCUT2D eigenvalue weighted by atomic mass is 35.5. The Morgan fingerprint density at radius 1 is 0.897 bits per heavy atom. The van der Waals surface area contributed by atoms with E-state index in [4.69, 9.17) is 16.6 Å². The summed E-state index contributed by atoms with van der Waals surface area (Å²) in [6.45, 7) is 0. The Kier molecular flexibility index (Phi) is 6.30. The highest BCUT2D eigenvalue weighted by Gasteiger charge is 2.16. The number of nitrogens with one attached hydrogen (secondary N) is 1. The van der Waals surface area contributed by atoms with Gasteiger partial charge in [0.2, 0.25) is 5.91 Å². The van der Waals surface area contributed by atoms with Crippen molar-refractivity contribution >= 4 is 45.7 Å². The molecule has 29 heavy (non-hydrogen) atoms. The number of hydrogen-bond donors (Lipinski definition) is 1. The van der Waals surface area contributed by atoms with Crippen LogP contribution in [-0.2, 0) is 4.79 Å². The number of halogens is 1. The van der Waals surface area contributed by atoms with Gasteiger partial charge in [0.05, 0.1) is 16.3 Å². The largest absolute Gasteiger partial charge is 0.301 e. The van der Waals surface area contributed by atoms with Crippen LogP contribution in [0.5, 0.6) is 0 Å². The molecule has 1 heterocycles. The number of anilines is 1. The average molecular weight is 437 g/mol. The van der Waals surface area contributed by atoms with E-state index in [2.05, 4.69) is 17.4 Å². The van der Waals surface area contributed by atoms with E-state index in [0.717, 1.165) is 26.6 Å². The number of nitrogens with zero attached hydrogens (tertiary/aromatic N) is 1. The van der Waals surface area contributed by atoms with Crippen LogP contribution in [0, 0.1) is 0 Å². The second-order valence-electron chi connectivity index (χ2n) is 6.22. The molecule has 1 amide bonds. The Labute approximate surface area is 182 Å². The summed E-state index contributed by atoms with van der Waals surface area (Å²) in [4.78, 5) is 19.2. The molecule has 0 aliphatic heterocycles. The molecule has 0 fully saturated rings. The zero-order chi connectivity index (χ0) is 20.1. The van der Waals surface area contributed by atoms with Crippen molar-refractivity contribution in [2.24, 2.45) is 0 Å². The number of aromatic nitrogens is 1. The lowest BCUT2D eigenvalue weighted by Crippen LogP contribution is -2.13. The fraction of sp³-hybridized carbons (Fsp3) is 0.0435. The quantitative estimate of drug-likeness (QED) is 0.335. The Morgan fingerprint density at radius 2 is 1.52 bits per heavy atom. The van der Waals surface area contributed by atoms with Gasteiger partial charge in [0, 0.05) is 15.5 Å².